The summed E-state index contributed by atoms with van der Waals surface area (Å²) in [6, 6.07) is 6.22. The van der Waals surface area contributed by atoms with Gasteiger partial charge in [-0.15, -0.1) is 0 Å². The summed E-state index contributed by atoms with van der Waals surface area (Å²) in [5.74, 6) is -1.57. The number of rotatable bonds is 6. The minimum atomic E-state index is -1.85. The van der Waals surface area contributed by atoms with E-state index in [2.05, 4.69) is 0 Å². The van der Waals surface area contributed by atoms with E-state index in [1.54, 1.807) is 12.1 Å². The van der Waals surface area contributed by atoms with Crippen molar-refractivity contribution in [3.8, 4) is 5.75 Å². The Bertz CT molecular complexity index is 635. The first kappa shape index (κ1) is 20.1. The molecular formula is C16H21NO9. The van der Waals surface area contributed by atoms with Gasteiger partial charge in [-0.05, 0) is 31.2 Å². The van der Waals surface area contributed by atoms with E-state index in [0.717, 1.165) is 5.06 Å². The van der Waals surface area contributed by atoms with Crippen molar-refractivity contribution in [1.29, 1.82) is 0 Å². The fourth-order valence-electron chi connectivity index (χ4n) is 2.40. The van der Waals surface area contributed by atoms with Crippen LogP contribution >= 0.6 is 0 Å². The molecule has 1 amide bonds. The quantitative estimate of drug-likeness (QED) is 0.475. The first-order valence-electron chi connectivity index (χ1n) is 7.89. The smallest absolute Gasteiger partial charge is 0.335 e. The lowest BCUT2D eigenvalue weighted by Crippen LogP contribution is -2.61. The molecular weight excluding hydrogens is 350 g/mol. The first-order valence-corrected chi connectivity index (χ1v) is 7.89. The van der Waals surface area contributed by atoms with Crippen LogP contribution in [0.15, 0.2) is 24.3 Å². The van der Waals surface area contributed by atoms with Crippen molar-refractivity contribution < 1.29 is 44.3 Å². The number of carbonyl (C=O) groups excluding carboxylic acids is 1. The van der Waals surface area contributed by atoms with Gasteiger partial charge in [-0.2, -0.15) is 5.06 Å². The van der Waals surface area contributed by atoms with Gasteiger partial charge in [0, 0.05) is 6.92 Å². The normalized spacial score (nSPS) is 28.4. The van der Waals surface area contributed by atoms with Gasteiger partial charge >= 0.3 is 5.97 Å². The monoisotopic (exact) mass is 371 g/mol. The summed E-state index contributed by atoms with van der Waals surface area (Å²) in [5, 5.41) is 39.3. The number of amides is 1. The summed E-state index contributed by atoms with van der Waals surface area (Å²) in [7, 11) is 0. The molecule has 144 valence electrons. The fraction of sp³-hybridized carbons (Fsp3) is 0.500. The molecule has 1 heterocycles. The van der Waals surface area contributed by atoms with Crippen LogP contribution in [0.2, 0.25) is 0 Å². The lowest BCUT2D eigenvalue weighted by molar-refractivity contribution is -0.295. The van der Waals surface area contributed by atoms with Crippen LogP contribution < -0.4 is 9.80 Å². The summed E-state index contributed by atoms with van der Waals surface area (Å²) < 4.78 is 10.3. The van der Waals surface area contributed by atoms with Crippen molar-refractivity contribution in [2.24, 2.45) is 0 Å². The summed E-state index contributed by atoms with van der Waals surface area (Å²) in [6.45, 7) is 3.47. The zero-order chi connectivity index (χ0) is 19.4. The Hall–Kier alpha value is -2.24. The highest BCUT2D eigenvalue weighted by Crippen LogP contribution is 2.26. The van der Waals surface area contributed by atoms with Gasteiger partial charge in [0.05, 0.1) is 12.3 Å². The van der Waals surface area contributed by atoms with Crippen LogP contribution in [0.4, 0.5) is 5.69 Å². The van der Waals surface area contributed by atoms with Crippen molar-refractivity contribution in [3.05, 3.63) is 24.3 Å². The lowest BCUT2D eigenvalue weighted by Gasteiger charge is -2.39. The van der Waals surface area contributed by atoms with E-state index in [-0.39, 0.29) is 5.69 Å². The summed E-state index contributed by atoms with van der Waals surface area (Å²) in [5.41, 5.74) is 0.268. The Labute approximate surface area is 149 Å². The average molecular weight is 371 g/mol. The Morgan fingerprint density at radius 3 is 2.23 bits per heavy atom. The average Bonchev–Trinajstić information content (AvgIpc) is 2.60. The molecule has 0 aliphatic carbocycles. The third-order valence-corrected chi connectivity index (χ3v) is 3.69. The van der Waals surface area contributed by atoms with Crippen LogP contribution in [-0.4, -0.2) is 69.6 Å². The van der Waals surface area contributed by atoms with Gasteiger partial charge in [0.25, 0.3) is 0 Å². The molecule has 1 aliphatic rings. The molecule has 1 aromatic carbocycles. The number of carbonyl (C=O) groups is 2. The van der Waals surface area contributed by atoms with Crippen LogP contribution in [0.1, 0.15) is 13.8 Å². The molecule has 0 radical (unpaired) electrons. The molecule has 0 aromatic heterocycles. The summed E-state index contributed by atoms with van der Waals surface area (Å²) in [6.07, 6.45) is -8.97. The second-order valence-corrected chi connectivity index (χ2v) is 5.58. The van der Waals surface area contributed by atoms with Gasteiger partial charge < -0.3 is 29.9 Å². The van der Waals surface area contributed by atoms with Crippen molar-refractivity contribution in [2.45, 2.75) is 44.6 Å². The van der Waals surface area contributed by atoms with Gasteiger partial charge in [-0.1, -0.05) is 0 Å². The zero-order valence-corrected chi connectivity index (χ0v) is 14.2. The molecule has 5 atom stereocenters. The van der Waals surface area contributed by atoms with E-state index in [4.69, 9.17) is 19.4 Å². The minimum absolute atomic E-state index is 0.268. The van der Waals surface area contributed by atoms with E-state index in [1.165, 1.54) is 19.1 Å². The minimum Gasteiger partial charge on any atom is -0.494 e. The number of carboxylic acids is 1. The number of hydroxylamine groups is 1. The van der Waals surface area contributed by atoms with Crippen LogP contribution in [0.25, 0.3) is 0 Å². The van der Waals surface area contributed by atoms with E-state index in [1.807, 2.05) is 6.92 Å². The maximum absolute atomic E-state index is 11.9. The maximum Gasteiger partial charge on any atom is 0.335 e. The van der Waals surface area contributed by atoms with Crippen molar-refractivity contribution in [3.63, 3.8) is 0 Å². The number of aliphatic hydroxyl groups excluding tert-OH is 3. The molecule has 0 bridgehead atoms. The molecule has 2 rings (SSSR count). The van der Waals surface area contributed by atoms with Gasteiger partial charge in [0.15, 0.2) is 6.10 Å². The number of aliphatic hydroxyl groups is 3. The number of hydrogen-bond donors (Lipinski definition) is 4. The molecule has 1 aliphatic heterocycles. The number of ether oxygens (including phenoxy) is 2. The molecule has 1 saturated heterocycles. The van der Waals surface area contributed by atoms with Crippen LogP contribution in [0.3, 0.4) is 0 Å². The maximum atomic E-state index is 11.9. The molecule has 10 heteroatoms. The number of hydrogen-bond acceptors (Lipinski definition) is 8. The number of benzene rings is 1. The Morgan fingerprint density at radius 2 is 1.73 bits per heavy atom. The predicted octanol–water partition coefficient (Wildman–Crippen LogP) is -0.738. The summed E-state index contributed by atoms with van der Waals surface area (Å²) >= 11 is 0. The SMILES string of the molecule is CCOc1ccc(N(OC2O[C@H](C(=O)O)[C@@H](O)[C@H](O)[C@H]2O)C(C)=O)cc1. The third-order valence-electron chi connectivity index (χ3n) is 3.69. The molecule has 0 saturated carbocycles. The number of anilines is 1. The topological polar surface area (TPSA) is 146 Å². The van der Waals surface area contributed by atoms with Crippen LogP contribution in [-0.2, 0) is 19.2 Å². The highest BCUT2D eigenvalue weighted by molar-refractivity contribution is 5.89. The standard InChI is InChI=1S/C16H21NO9/c1-3-24-10-6-4-9(5-7-10)17(8(2)18)26-16-13(21)11(19)12(20)14(25-16)15(22)23/h4-7,11-14,16,19-21H,3H2,1-2H3,(H,22,23)/t11-,12-,13+,14-,16?/m0/s1. The van der Waals surface area contributed by atoms with E-state index in [9.17, 15) is 24.9 Å². The summed E-state index contributed by atoms with van der Waals surface area (Å²) in [4.78, 5) is 28.3. The number of aliphatic carboxylic acids is 1. The third kappa shape index (κ3) is 4.29. The molecule has 1 aromatic rings. The molecule has 0 spiro atoms. The Kier molecular flexibility index (Phi) is 6.51. The largest absolute Gasteiger partial charge is 0.494 e. The van der Waals surface area contributed by atoms with Gasteiger partial charge in [-0.25, -0.2) is 9.63 Å². The highest BCUT2D eigenvalue weighted by Gasteiger charge is 2.48. The molecule has 1 unspecified atom stereocenters. The van der Waals surface area contributed by atoms with E-state index >= 15 is 0 Å². The highest BCUT2D eigenvalue weighted by atomic mass is 16.8. The molecule has 4 N–H and O–H groups in total. The molecule has 26 heavy (non-hydrogen) atoms. The Morgan fingerprint density at radius 1 is 1.12 bits per heavy atom. The van der Waals surface area contributed by atoms with Gasteiger partial charge in [0.2, 0.25) is 12.2 Å². The number of nitrogens with zero attached hydrogens (tertiary/aromatic N) is 1. The predicted molar refractivity (Wildman–Crippen MR) is 86.2 cm³/mol. The lowest BCUT2D eigenvalue weighted by atomic mass is 9.99. The van der Waals surface area contributed by atoms with Crippen LogP contribution in [0.5, 0.6) is 5.75 Å². The second kappa shape index (κ2) is 8.43. The van der Waals surface area contributed by atoms with Crippen LogP contribution in [0, 0.1) is 0 Å². The fourth-order valence-corrected chi connectivity index (χ4v) is 2.40. The van der Waals surface area contributed by atoms with Crippen molar-refractivity contribution in [1.82, 2.24) is 0 Å². The Balaban J connectivity index is 2.20. The second-order valence-electron chi connectivity index (χ2n) is 5.58. The van der Waals surface area contributed by atoms with Gasteiger partial charge in [-0.3, -0.25) is 4.79 Å². The molecule has 10 nitrogen and oxygen atoms in total. The van der Waals surface area contributed by atoms with E-state index < -0.39 is 42.6 Å². The van der Waals surface area contributed by atoms with Gasteiger partial charge in [0.1, 0.15) is 24.1 Å². The first-order chi connectivity index (χ1) is 12.3. The van der Waals surface area contributed by atoms with Crippen molar-refractivity contribution in [2.75, 3.05) is 11.7 Å². The van der Waals surface area contributed by atoms with Crippen molar-refractivity contribution >= 4 is 17.6 Å². The van der Waals surface area contributed by atoms with E-state index in [0.29, 0.717) is 12.4 Å². The number of carboxylic acid groups (broad SMARTS) is 1. The zero-order valence-electron chi connectivity index (χ0n) is 14.2. The molecule has 1 fully saturated rings.